The molecule has 24 heavy (non-hydrogen) atoms. The molecule has 6 heteroatoms. The molecule has 6 nitrogen and oxygen atoms in total. The average Bonchev–Trinajstić information content (AvgIpc) is 3.03. The summed E-state index contributed by atoms with van der Waals surface area (Å²) in [5, 5.41) is 6.34. The van der Waals surface area contributed by atoms with Crippen molar-refractivity contribution >= 4 is 11.8 Å². The summed E-state index contributed by atoms with van der Waals surface area (Å²) >= 11 is 0. The highest BCUT2D eigenvalue weighted by atomic mass is 16.5. The van der Waals surface area contributed by atoms with E-state index in [4.69, 9.17) is 4.74 Å². The number of hydrogen-bond acceptors (Lipinski definition) is 4. The van der Waals surface area contributed by atoms with Gasteiger partial charge in [0.1, 0.15) is 17.8 Å². The number of amides is 2. The standard InChI is InChI=1S/C18H25N3O3/c1-3-4-15-18(23)21-11-13(9-16(21)17(22)20-15)19-10-12-5-7-14(24-2)8-6-12/h5-8,13,15-16,19H,3-4,9-11H2,1-2H3,(H,20,22)/t13-,15-,16-/m0/s1. The molecule has 2 heterocycles. The summed E-state index contributed by atoms with van der Waals surface area (Å²) in [6, 6.07) is 7.37. The summed E-state index contributed by atoms with van der Waals surface area (Å²) in [6.07, 6.45) is 2.26. The van der Waals surface area contributed by atoms with Gasteiger partial charge in [0, 0.05) is 19.1 Å². The van der Waals surface area contributed by atoms with Crippen LogP contribution in [0, 0.1) is 0 Å². The normalized spacial score (nSPS) is 26.2. The molecule has 3 rings (SSSR count). The van der Waals surface area contributed by atoms with Crippen molar-refractivity contribution in [3.05, 3.63) is 29.8 Å². The number of fused-ring (bicyclic) bond motifs is 1. The Kier molecular flexibility index (Phi) is 5.04. The van der Waals surface area contributed by atoms with E-state index in [9.17, 15) is 9.59 Å². The first kappa shape index (κ1) is 16.8. The predicted octanol–water partition coefficient (Wildman–Crippen LogP) is 1.05. The van der Waals surface area contributed by atoms with Crippen LogP contribution in [0.3, 0.4) is 0 Å². The number of rotatable bonds is 6. The Hall–Kier alpha value is -2.08. The van der Waals surface area contributed by atoms with E-state index >= 15 is 0 Å². The number of carbonyl (C=O) groups is 2. The number of nitrogens with one attached hydrogen (secondary N) is 2. The Bertz CT molecular complexity index is 602. The lowest BCUT2D eigenvalue weighted by Gasteiger charge is -2.34. The molecule has 130 valence electrons. The Morgan fingerprint density at radius 2 is 2.04 bits per heavy atom. The van der Waals surface area contributed by atoms with Crippen LogP contribution in [-0.2, 0) is 16.1 Å². The van der Waals surface area contributed by atoms with Crippen molar-refractivity contribution in [2.45, 2.75) is 50.9 Å². The van der Waals surface area contributed by atoms with E-state index in [2.05, 4.69) is 10.6 Å². The largest absolute Gasteiger partial charge is 0.497 e. The molecule has 0 bridgehead atoms. The second kappa shape index (κ2) is 7.21. The van der Waals surface area contributed by atoms with Crippen molar-refractivity contribution in [3.63, 3.8) is 0 Å². The molecule has 2 amide bonds. The van der Waals surface area contributed by atoms with Gasteiger partial charge in [-0.2, -0.15) is 0 Å². The third kappa shape index (κ3) is 3.38. The van der Waals surface area contributed by atoms with Crippen LogP contribution in [-0.4, -0.2) is 48.5 Å². The number of carbonyl (C=O) groups excluding carboxylic acids is 2. The number of hydrogen-bond donors (Lipinski definition) is 2. The van der Waals surface area contributed by atoms with Gasteiger partial charge in [0.15, 0.2) is 0 Å². The number of benzene rings is 1. The maximum absolute atomic E-state index is 12.5. The SMILES string of the molecule is CCC[C@@H]1NC(=O)[C@@H]2C[C@H](NCc3ccc(OC)cc3)CN2C1=O. The summed E-state index contributed by atoms with van der Waals surface area (Å²) in [5.74, 6) is 0.887. The molecule has 2 saturated heterocycles. The molecule has 1 aromatic carbocycles. The molecule has 3 atom stereocenters. The Balaban J connectivity index is 1.57. The monoisotopic (exact) mass is 331 g/mol. The van der Waals surface area contributed by atoms with Gasteiger partial charge in [-0.15, -0.1) is 0 Å². The molecule has 1 aromatic rings. The lowest BCUT2D eigenvalue weighted by Crippen LogP contribution is -2.61. The minimum Gasteiger partial charge on any atom is -0.497 e. The number of ether oxygens (including phenoxy) is 1. The fourth-order valence-electron chi connectivity index (χ4n) is 3.50. The van der Waals surface area contributed by atoms with Crippen LogP contribution in [0.1, 0.15) is 31.7 Å². The van der Waals surface area contributed by atoms with Gasteiger partial charge < -0.3 is 20.3 Å². The molecule has 0 radical (unpaired) electrons. The highest BCUT2D eigenvalue weighted by molar-refractivity contribution is 5.97. The number of nitrogens with zero attached hydrogens (tertiary/aromatic N) is 1. The third-order valence-electron chi connectivity index (χ3n) is 4.83. The lowest BCUT2D eigenvalue weighted by atomic mass is 10.0. The molecule has 0 saturated carbocycles. The number of piperazine rings is 1. The van der Waals surface area contributed by atoms with Crippen molar-refractivity contribution in [1.82, 2.24) is 15.5 Å². The topological polar surface area (TPSA) is 70.7 Å². The molecule has 2 aliphatic rings. The van der Waals surface area contributed by atoms with Crippen molar-refractivity contribution in [1.29, 1.82) is 0 Å². The van der Waals surface area contributed by atoms with Gasteiger partial charge in [-0.1, -0.05) is 25.5 Å². The predicted molar refractivity (Wildman–Crippen MR) is 90.6 cm³/mol. The van der Waals surface area contributed by atoms with Gasteiger partial charge in [0.05, 0.1) is 7.11 Å². The first-order valence-electron chi connectivity index (χ1n) is 8.59. The molecular weight excluding hydrogens is 306 g/mol. The van der Waals surface area contributed by atoms with Gasteiger partial charge >= 0.3 is 0 Å². The first-order valence-corrected chi connectivity index (χ1v) is 8.59. The van der Waals surface area contributed by atoms with E-state index in [-0.39, 0.29) is 29.9 Å². The highest BCUT2D eigenvalue weighted by Crippen LogP contribution is 2.24. The van der Waals surface area contributed by atoms with Gasteiger partial charge in [-0.3, -0.25) is 9.59 Å². The molecule has 2 fully saturated rings. The molecule has 0 aromatic heterocycles. The summed E-state index contributed by atoms with van der Waals surface area (Å²) in [4.78, 5) is 26.5. The summed E-state index contributed by atoms with van der Waals surface area (Å²) in [7, 11) is 1.65. The van der Waals surface area contributed by atoms with E-state index in [0.717, 1.165) is 17.7 Å². The molecule has 2 N–H and O–H groups in total. The van der Waals surface area contributed by atoms with Crippen molar-refractivity contribution in [3.8, 4) is 5.75 Å². The third-order valence-corrected chi connectivity index (χ3v) is 4.83. The van der Waals surface area contributed by atoms with Crippen molar-refractivity contribution in [2.24, 2.45) is 0 Å². The lowest BCUT2D eigenvalue weighted by molar-refractivity contribution is -0.147. The van der Waals surface area contributed by atoms with E-state index in [1.165, 1.54) is 0 Å². The van der Waals surface area contributed by atoms with Crippen molar-refractivity contribution in [2.75, 3.05) is 13.7 Å². The highest BCUT2D eigenvalue weighted by Gasteiger charge is 2.45. The Labute approximate surface area is 142 Å². The second-order valence-corrected chi connectivity index (χ2v) is 6.52. The molecule has 0 unspecified atom stereocenters. The Morgan fingerprint density at radius 1 is 1.29 bits per heavy atom. The smallest absolute Gasteiger partial charge is 0.245 e. The number of methoxy groups -OCH3 is 1. The van der Waals surface area contributed by atoms with Crippen LogP contribution in [0.5, 0.6) is 5.75 Å². The molecule has 0 spiro atoms. The van der Waals surface area contributed by atoms with Gasteiger partial charge in [-0.25, -0.2) is 0 Å². The zero-order valence-electron chi connectivity index (χ0n) is 14.2. The maximum atomic E-state index is 12.5. The van der Waals surface area contributed by atoms with Crippen LogP contribution in [0.15, 0.2) is 24.3 Å². The first-order chi connectivity index (χ1) is 11.6. The summed E-state index contributed by atoms with van der Waals surface area (Å²) < 4.78 is 5.16. The van der Waals surface area contributed by atoms with Crippen LogP contribution < -0.4 is 15.4 Å². The minimum atomic E-state index is -0.348. The molecule has 2 aliphatic heterocycles. The summed E-state index contributed by atoms with van der Waals surface area (Å²) in [6.45, 7) is 3.34. The second-order valence-electron chi connectivity index (χ2n) is 6.52. The van der Waals surface area contributed by atoms with E-state index in [0.29, 0.717) is 25.9 Å². The summed E-state index contributed by atoms with van der Waals surface area (Å²) in [5.41, 5.74) is 1.15. The minimum absolute atomic E-state index is 0.0122. The zero-order valence-corrected chi connectivity index (χ0v) is 14.2. The van der Waals surface area contributed by atoms with Gasteiger partial charge in [-0.05, 0) is 30.5 Å². The van der Waals surface area contributed by atoms with E-state index in [1.807, 2.05) is 31.2 Å². The fourth-order valence-corrected chi connectivity index (χ4v) is 3.50. The van der Waals surface area contributed by atoms with Crippen LogP contribution in [0.2, 0.25) is 0 Å². The van der Waals surface area contributed by atoms with E-state index in [1.54, 1.807) is 12.0 Å². The van der Waals surface area contributed by atoms with Crippen LogP contribution in [0.4, 0.5) is 0 Å². The maximum Gasteiger partial charge on any atom is 0.245 e. The van der Waals surface area contributed by atoms with Crippen LogP contribution in [0.25, 0.3) is 0 Å². The zero-order chi connectivity index (χ0) is 17.1. The quantitative estimate of drug-likeness (QED) is 0.817. The molecule has 0 aliphatic carbocycles. The average molecular weight is 331 g/mol. The van der Waals surface area contributed by atoms with Crippen molar-refractivity contribution < 1.29 is 14.3 Å². The van der Waals surface area contributed by atoms with Crippen LogP contribution >= 0.6 is 0 Å². The fraction of sp³-hybridized carbons (Fsp3) is 0.556. The van der Waals surface area contributed by atoms with E-state index < -0.39 is 0 Å². The van der Waals surface area contributed by atoms with Gasteiger partial charge in [0.25, 0.3) is 0 Å². The van der Waals surface area contributed by atoms with Gasteiger partial charge in [0.2, 0.25) is 11.8 Å². The molecular formula is C18H25N3O3. The Morgan fingerprint density at radius 3 is 2.71 bits per heavy atom.